The van der Waals surface area contributed by atoms with E-state index in [1.807, 2.05) is 50.7 Å². The molecule has 0 aliphatic carbocycles. The minimum absolute atomic E-state index is 0.154. The number of morpholine rings is 1. The Balaban J connectivity index is 1.46. The second-order valence-corrected chi connectivity index (χ2v) is 10.2. The maximum atomic E-state index is 13.5. The summed E-state index contributed by atoms with van der Waals surface area (Å²) in [6.45, 7) is 10.2. The fourth-order valence-corrected chi connectivity index (χ4v) is 5.21. The summed E-state index contributed by atoms with van der Waals surface area (Å²) in [7, 11) is 1.90. The van der Waals surface area contributed by atoms with Crippen LogP contribution in [0.1, 0.15) is 38.3 Å². The number of nitrogens with zero attached hydrogens (tertiary/aromatic N) is 3. The molecule has 8 heteroatoms. The number of hydrogen-bond acceptors (Lipinski definition) is 5. The number of benzene rings is 2. The molecule has 0 unspecified atom stereocenters. The zero-order valence-corrected chi connectivity index (χ0v) is 23.0. The summed E-state index contributed by atoms with van der Waals surface area (Å²) in [5.74, 6) is -0.221. The molecule has 4 aromatic rings. The van der Waals surface area contributed by atoms with E-state index < -0.39 is 0 Å². The number of rotatable bonds is 7. The zero-order valence-electron chi connectivity index (χ0n) is 23.0. The van der Waals surface area contributed by atoms with E-state index >= 15 is 0 Å². The molecule has 0 radical (unpaired) electrons. The van der Waals surface area contributed by atoms with Gasteiger partial charge in [-0.2, -0.15) is 5.10 Å². The zero-order chi connectivity index (χ0) is 27.5. The Bertz CT molecular complexity index is 1550. The Hall–Kier alpha value is -4.01. The molecule has 39 heavy (non-hydrogen) atoms. The number of H-pyrrole nitrogens is 1. The van der Waals surface area contributed by atoms with Crippen molar-refractivity contribution in [1.82, 2.24) is 25.0 Å². The van der Waals surface area contributed by atoms with Crippen molar-refractivity contribution >= 4 is 5.91 Å². The molecule has 1 fully saturated rings. The number of aromatic nitrogens is 3. The molecule has 0 atom stereocenters. The number of pyridine rings is 1. The van der Waals surface area contributed by atoms with E-state index in [9.17, 15) is 9.59 Å². The van der Waals surface area contributed by atoms with Gasteiger partial charge in [-0.1, -0.05) is 24.3 Å². The highest BCUT2D eigenvalue weighted by molar-refractivity contribution is 5.99. The second-order valence-electron chi connectivity index (χ2n) is 10.2. The lowest BCUT2D eigenvalue weighted by Gasteiger charge is -2.26. The van der Waals surface area contributed by atoms with Crippen LogP contribution >= 0.6 is 0 Å². The van der Waals surface area contributed by atoms with Crippen molar-refractivity contribution in [2.24, 2.45) is 7.05 Å². The molecule has 8 nitrogen and oxygen atoms in total. The van der Waals surface area contributed by atoms with Crippen molar-refractivity contribution in [3.8, 4) is 22.4 Å². The third-order valence-electron chi connectivity index (χ3n) is 7.47. The molecule has 5 rings (SSSR count). The summed E-state index contributed by atoms with van der Waals surface area (Å²) in [6.07, 6.45) is 1.76. The van der Waals surface area contributed by atoms with E-state index in [0.717, 1.165) is 72.1 Å². The van der Waals surface area contributed by atoms with Gasteiger partial charge in [0.25, 0.3) is 11.5 Å². The Labute approximate surface area is 228 Å². The molecule has 2 N–H and O–H groups in total. The van der Waals surface area contributed by atoms with Crippen LogP contribution in [0.4, 0.5) is 0 Å². The third kappa shape index (κ3) is 5.87. The van der Waals surface area contributed by atoms with Gasteiger partial charge >= 0.3 is 0 Å². The minimum atomic E-state index is -0.221. The number of amides is 1. The summed E-state index contributed by atoms with van der Waals surface area (Å²) in [4.78, 5) is 31.2. The number of carbonyl (C=O) groups excluding carboxylic acids is 1. The van der Waals surface area contributed by atoms with Crippen LogP contribution < -0.4 is 10.9 Å². The van der Waals surface area contributed by atoms with E-state index in [0.29, 0.717) is 11.1 Å². The molecular formula is C31H35N5O3. The second kappa shape index (κ2) is 11.4. The van der Waals surface area contributed by atoms with Crippen molar-refractivity contribution in [3.63, 3.8) is 0 Å². The Kier molecular flexibility index (Phi) is 7.77. The van der Waals surface area contributed by atoms with Gasteiger partial charge in [0.1, 0.15) is 0 Å². The van der Waals surface area contributed by atoms with Gasteiger partial charge in [-0.25, -0.2) is 0 Å². The first-order valence-electron chi connectivity index (χ1n) is 13.3. The van der Waals surface area contributed by atoms with Gasteiger partial charge in [-0.15, -0.1) is 0 Å². The lowest BCUT2D eigenvalue weighted by Crippen LogP contribution is -2.35. The van der Waals surface area contributed by atoms with Crippen LogP contribution in [0, 0.1) is 20.8 Å². The van der Waals surface area contributed by atoms with Gasteiger partial charge in [0.05, 0.1) is 18.9 Å². The largest absolute Gasteiger partial charge is 0.379 e. The van der Waals surface area contributed by atoms with Gasteiger partial charge in [0, 0.05) is 61.8 Å². The van der Waals surface area contributed by atoms with Crippen LogP contribution in [0.3, 0.4) is 0 Å². The van der Waals surface area contributed by atoms with E-state index in [-0.39, 0.29) is 18.0 Å². The summed E-state index contributed by atoms with van der Waals surface area (Å²) in [5.41, 5.74) is 8.57. The molecule has 0 bridgehead atoms. The van der Waals surface area contributed by atoms with E-state index in [2.05, 4.69) is 50.6 Å². The fourth-order valence-electron chi connectivity index (χ4n) is 5.21. The Morgan fingerprint density at radius 1 is 1.03 bits per heavy atom. The van der Waals surface area contributed by atoms with Crippen LogP contribution in [-0.4, -0.2) is 51.9 Å². The first-order valence-corrected chi connectivity index (χ1v) is 13.3. The van der Waals surface area contributed by atoms with Gasteiger partial charge < -0.3 is 15.0 Å². The summed E-state index contributed by atoms with van der Waals surface area (Å²) >= 11 is 0. The average Bonchev–Trinajstić information content (AvgIpc) is 3.34. The van der Waals surface area contributed by atoms with Crippen LogP contribution in [0.2, 0.25) is 0 Å². The van der Waals surface area contributed by atoms with Gasteiger partial charge in [-0.3, -0.25) is 19.2 Å². The lowest BCUT2D eigenvalue weighted by atomic mass is 9.92. The molecule has 2 aromatic carbocycles. The number of carbonyl (C=O) groups is 1. The molecule has 0 spiro atoms. The average molecular weight is 526 g/mol. The first kappa shape index (κ1) is 26.6. The van der Waals surface area contributed by atoms with Crippen LogP contribution in [0.5, 0.6) is 0 Å². The third-order valence-corrected chi connectivity index (χ3v) is 7.47. The van der Waals surface area contributed by atoms with Gasteiger partial charge in [0.15, 0.2) is 0 Å². The fraction of sp³-hybridized carbons (Fsp3) is 0.323. The van der Waals surface area contributed by atoms with Crippen molar-refractivity contribution in [3.05, 3.63) is 98.6 Å². The minimum Gasteiger partial charge on any atom is -0.379 e. The summed E-state index contributed by atoms with van der Waals surface area (Å²) < 4.78 is 7.28. The first-order chi connectivity index (χ1) is 18.8. The highest BCUT2D eigenvalue weighted by atomic mass is 16.5. The quantitative estimate of drug-likeness (QED) is 0.379. The van der Waals surface area contributed by atoms with Crippen molar-refractivity contribution in [2.45, 2.75) is 33.9 Å². The molecule has 0 saturated carbocycles. The predicted molar refractivity (Wildman–Crippen MR) is 153 cm³/mol. The van der Waals surface area contributed by atoms with E-state index in [1.54, 1.807) is 6.20 Å². The highest BCUT2D eigenvalue weighted by Crippen LogP contribution is 2.32. The van der Waals surface area contributed by atoms with E-state index in [1.165, 1.54) is 5.56 Å². The summed E-state index contributed by atoms with van der Waals surface area (Å²) in [6, 6.07) is 16.5. The molecule has 2 aromatic heterocycles. The number of ether oxygens (including phenoxy) is 1. The SMILES string of the molecule is Cc1cc(C)c(CNC(=O)c2cc(-c3ccc(CN4CCOCC4)cc3)cc(-c3ccnn3C)c2C)c(=O)[nH]1. The van der Waals surface area contributed by atoms with Crippen molar-refractivity contribution < 1.29 is 9.53 Å². The maximum Gasteiger partial charge on any atom is 0.253 e. The maximum absolute atomic E-state index is 13.5. The predicted octanol–water partition coefficient (Wildman–Crippen LogP) is 4.13. The smallest absolute Gasteiger partial charge is 0.253 e. The number of nitrogens with one attached hydrogen (secondary N) is 2. The van der Waals surface area contributed by atoms with Gasteiger partial charge in [-0.05, 0) is 72.9 Å². The molecule has 3 heterocycles. The topological polar surface area (TPSA) is 92.2 Å². The number of aromatic amines is 1. The normalized spacial score (nSPS) is 13.9. The number of aryl methyl sites for hydroxylation is 3. The van der Waals surface area contributed by atoms with Crippen LogP contribution in [-0.2, 0) is 24.9 Å². The molecule has 202 valence electrons. The monoisotopic (exact) mass is 525 g/mol. The Morgan fingerprint density at radius 2 is 1.77 bits per heavy atom. The molecule has 1 amide bonds. The standard InChI is InChI=1S/C31H35N5O3/c1-20-15-21(2)34-31(38)28(20)18-32-30(37)27-17-25(16-26(22(27)3)29-9-10-33-35(29)4)24-7-5-23(6-8-24)19-36-11-13-39-14-12-36/h5-10,15-17H,11-14,18-19H2,1-4H3,(H,32,37)(H,34,38). The van der Waals surface area contributed by atoms with Crippen molar-refractivity contribution in [2.75, 3.05) is 26.3 Å². The highest BCUT2D eigenvalue weighted by Gasteiger charge is 2.19. The molecule has 1 aliphatic rings. The molecule has 1 saturated heterocycles. The molecule has 1 aliphatic heterocycles. The number of hydrogen-bond donors (Lipinski definition) is 2. The molecular weight excluding hydrogens is 490 g/mol. The lowest BCUT2D eigenvalue weighted by molar-refractivity contribution is 0.0342. The Morgan fingerprint density at radius 3 is 2.44 bits per heavy atom. The van der Waals surface area contributed by atoms with E-state index in [4.69, 9.17) is 4.74 Å². The summed E-state index contributed by atoms with van der Waals surface area (Å²) in [5, 5.41) is 7.33. The van der Waals surface area contributed by atoms with Gasteiger partial charge in [0.2, 0.25) is 0 Å². The van der Waals surface area contributed by atoms with Crippen molar-refractivity contribution in [1.29, 1.82) is 0 Å². The van der Waals surface area contributed by atoms with Crippen LogP contribution in [0.25, 0.3) is 22.4 Å². The van der Waals surface area contributed by atoms with Crippen LogP contribution in [0.15, 0.2) is 59.5 Å².